The zero-order valence-corrected chi connectivity index (χ0v) is 11.9. The first kappa shape index (κ1) is 17.1. The predicted octanol–water partition coefficient (Wildman–Crippen LogP) is 1.84. The molecule has 0 fully saturated rings. The van der Waals surface area contributed by atoms with E-state index >= 15 is 0 Å². The molecular formula is C12H14N2O8. The Morgan fingerprint density at radius 3 is 2.09 bits per heavy atom. The third-order valence-corrected chi connectivity index (χ3v) is 2.51. The van der Waals surface area contributed by atoms with Gasteiger partial charge in [-0.15, -0.1) is 0 Å². The van der Waals surface area contributed by atoms with Crippen molar-refractivity contribution in [2.45, 2.75) is 13.3 Å². The van der Waals surface area contributed by atoms with Gasteiger partial charge in [0.15, 0.2) is 11.5 Å². The first-order valence-electron chi connectivity index (χ1n) is 6.13. The standard InChI is InChI=1S/C12H14N2O8/c1-8(15)21-4-3-5-22-12-7-10(14(18)19)9(13(16)17)6-11(12)20-2/h6-7H,3-5H2,1-2H3. The number of ether oxygens (including phenoxy) is 3. The molecule has 10 heteroatoms. The molecule has 120 valence electrons. The molecule has 0 radical (unpaired) electrons. The minimum Gasteiger partial charge on any atom is -0.493 e. The Hall–Kier alpha value is -2.91. The lowest BCUT2D eigenvalue weighted by Gasteiger charge is -2.10. The fraction of sp³-hybridized carbons (Fsp3) is 0.417. The van der Waals surface area contributed by atoms with Crippen molar-refractivity contribution in [3.63, 3.8) is 0 Å². The molecule has 0 heterocycles. The maximum Gasteiger partial charge on any atom is 0.350 e. The predicted molar refractivity (Wildman–Crippen MR) is 73.0 cm³/mol. The molecule has 0 amide bonds. The van der Waals surface area contributed by atoms with E-state index in [9.17, 15) is 25.0 Å². The average molecular weight is 314 g/mol. The molecule has 0 atom stereocenters. The Bertz CT molecular complexity index is 587. The molecule has 0 bridgehead atoms. The molecule has 0 aliphatic carbocycles. The topological polar surface area (TPSA) is 131 Å². The van der Waals surface area contributed by atoms with E-state index < -0.39 is 27.2 Å². The highest BCUT2D eigenvalue weighted by Crippen LogP contribution is 2.38. The van der Waals surface area contributed by atoms with Gasteiger partial charge in [-0.25, -0.2) is 0 Å². The van der Waals surface area contributed by atoms with Gasteiger partial charge in [-0.05, 0) is 0 Å². The monoisotopic (exact) mass is 314 g/mol. The lowest BCUT2D eigenvalue weighted by molar-refractivity contribution is -0.422. The van der Waals surface area contributed by atoms with Crippen LogP contribution in [-0.2, 0) is 9.53 Å². The van der Waals surface area contributed by atoms with Gasteiger partial charge < -0.3 is 14.2 Å². The van der Waals surface area contributed by atoms with Gasteiger partial charge in [-0.1, -0.05) is 0 Å². The maximum absolute atomic E-state index is 10.9. The van der Waals surface area contributed by atoms with Crippen LogP contribution in [0.4, 0.5) is 11.4 Å². The van der Waals surface area contributed by atoms with Crippen molar-refractivity contribution < 1.29 is 28.9 Å². The molecule has 0 aliphatic rings. The normalized spacial score (nSPS) is 9.91. The van der Waals surface area contributed by atoms with Crippen LogP contribution in [0.2, 0.25) is 0 Å². The second kappa shape index (κ2) is 7.76. The van der Waals surface area contributed by atoms with Gasteiger partial charge in [0.2, 0.25) is 0 Å². The number of benzene rings is 1. The number of hydrogen-bond donors (Lipinski definition) is 0. The van der Waals surface area contributed by atoms with Crippen molar-refractivity contribution in [2.75, 3.05) is 20.3 Å². The number of carbonyl (C=O) groups is 1. The van der Waals surface area contributed by atoms with E-state index in [2.05, 4.69) is 0 Å². The zero-order chi connectivity index (χ0) is 16.7. The van der Waals surface area contributed by atoms with Crippen molar-refractivity contribution in [1.82, 2.24) is 0 Å². The largest absolute Gasteiger partial charge is 0.493 e. The molecule has 0 saturated carbocycles. The third kappa shape index (κ3) is 4.58. The molecule has 10 nitrogen and oxygen atoms in total. The van der Waals surface area contributed by atoms with Crippen LogP contribution in [0.5, 0.6) is 11.5 Å². The van der Waals surface area contributed by atoms with E-state index in [0.29, 0.717) is 6.42 Å². The smallest absolute Gasteiger partial charge is 0.350 e. The minimum atomic E-state index is -0.872. The van der Waals surface area contributed by atoms with Gasteiger partial charge in [-0.3, -0.25) is 25.0 Å². The SMILES string of the molecule is COc1cc([N+](=O)[O-])c([N+](=O)[O-])cc1OCCCOC(C)=O. The fourth-order valence-corrected chi connectivity index (χ4v) is 1.56. The first-order chi connectivity index (χ1) is 10.4. The molecule has 0 N–H and O–H groups in total. The van der Waals surface area contributed by atoms with Gasteiger partial charge in [0.25, 0.3) is 0 Å². The van der Waals surface area contributed by atoms with Crippen LogP contribution in [0, 0.1) is 20.2 Å². The molecular weight excluding hydrogens is 300 g/mol. The van der Waals surface area contributed by atoms with Crippen LogP contribution in [0.1, 0.15) is 13.3 Å². The molecule has 0 aromatic heterocycles. The zero-order valence-electron chi connectivity index (χ0n) is 11.9. The van der Waals surface area contributed by atoms with E-state index in [0.717, 1.165) is 12.1 Å². The molecule has 1 rings (SSSR count). The lowest BCUT2D eigenvalue weighted by Crippen LogP contribution is -2.07. The molecule has 0 spiro atoms. The molecule has 1 aromatic rings. The number of nitro benzene ring substituents is 2. The Morgan fingerprint density at radius 2 is 1.64 bits per heavy atom. The fourth-order valence-electron chi connectivity index (χ4n) is 1.56. The summed E-state index contributed by atoms with van der Waals surface area (Å²) in [7, 11) is 1.26. The van der Waals surface area contributed by atoms with Crippen LogP contribution in [0.3, 0.4) is 0 Å². The number of hydrogen-bond acceptors (Lipinski definition) is 8. The lowest BCUT2D eigenvalue weighted by atomic mass is 10.2. The van der Waals surface area contributed by atoms with Crippen molar-refractivity contribution in [3.8, 4) is 11.5 Å². The highest BCUT2D eigenvalue weighted by molar-refractivity contribution is 5.65. The van der Waals surface area contributed by atoms with E-state index in [1.165, 1.54) is 14.0 Å². The van der Waals surface area contributed by atoms with Gasteiger partial charge in [0.05, 0.1) is 42.3 Å². The highest BCUT2D eigenvalue weighted by Gasteiger charge is 2.28. The summed E-state index contributed by atoms with van der Waals surface area (Å²) in [5.41, 5.74) is -1.38. The summed E-state index contributed by atoms with van der Waals surface area (Å²) in [6.45, 7) is 1.49. The number of rotatable bonds is 8. The second-order valence-corrected chi connectivity index (χ2v) is 4.05. The Kier molecular flexibility index (Phi) is 6.05. The van der Waals surface area contributed by atoms with Gasteiger partial charge in [0.1, 0.15) is 0 Å². The van der Waals surface area contributed by atoms with E-state index in [1.807, 2.05) is 0 Å². The van der Waals surface area contributed by atoms with Gasteiger partial charge >= 0.3 is 17.3 Å². The summed E-state index contributed by atoms with van der Waals surface area (Å²) in [6, 6.07) is 1.86. The summed E-state index contributed by atoms with van der Waals surface area (Å²) < 4.78 is 14.9. The summed E-state index contributed by atoms with van der Waals surface area (Å²) in [6.07, 6.45) is 0.355. The molecule has 0 saturated heterocycles. The molecule has 0 unspecified atom stereocenters. The first-order valence-corrected chi connectivity index (χ1v) is 6.13. The van der Waals surface area contributed by atoms with Crippen molar-refractivity contribution in [1.29, 1.82) is 0 Å². The number of methoxy groups -OCH3 is 1. The molecule has 1 aromatic carbocycles. The number of nitro groups is 2. The van der Waals surface area contributed by atoms with Crippen molar-refractivity contribution >= 4 is 17.3 Å². The van der Waals surface area contributed by atoms with E-state index in [-0.39, 0.29) is 24.7 Å². The Labute approximate surface area is 124 Å². The minimum absolute atomic E-state index is 0.00243. The summed E-state index contributed by atoms with van der Waals surface area (Å²) in [5, 5.41) is 21.7. The number of nitrogens with zero attached hydrogens (tertiary/aromatic N) is 2. The molecule has 22 heavy (non-hydrogen) atoms. The summed E-state index contributed by atoms with van der Waals surface area (Å²) >= 11 is 0. The van der Waals surface area contributed by atoms with E-state index in [4.69, 9.17) is 14.2 Å². The quantitative estimate of drug-likeness (QED) is 0.307. The number of esters is 1. The molecule has 0 aliphatic heterocycles. The number of carbonyl (C=O) groups excluding carboxylic acids is 1. The van der Waals surface area contributed by atoms with Crippen LogP contribution in [0.15, 0.2) is 12.1 Å². The highest BCUT2D eigenvalue weighted by atomic mass is 16.6. The van der Waals surface area contributed by atoms with Gasteiger partial charge in [0, 0.05) is 13.3 Å². The Morgan fingerprint density at radius 1 is 1.09 bits per heavy atom. The third-order valence-electron chi connectivity index (χ3n) is 2.51. The van der Waals surface area contributed by atoms with Crippen LogP contribution in [0.25, 0.3) is 0 Å². The van der Waals surface area contributed by atoms with Crippen LogP contribution < -0.4 is 9.47 Å². The summed E-state index contributed by atoms with van der Waals surface area (Å²) in [5.74, 6) is -0.420. The van der Waals surface area contributed by atoms with Crippen molar-refractivity contribution in [2.24, 2.45) is 0 Å². The van der Waals surface area contributed by atoms with Crippen LogP contribution >= 0.6 is 0 Å². The second-order valence-electron chi connectivity index (χ2n) is 4.05. The maximum atomic E-state index is 10.9. The van der Waals surface area contributed by atoms with Crippen LogP contribution in [-0.4, -0.2) is 36.1 Å². The van der Waals surface area contributed by atoms with Gasteiger partial charge in [-0.2, -0.15) is 0 Å². The van der Waals surface area contributed by atoms with E-state index in [1.54, 1.807) is 0 Å². The average Bonchev–Trinajstić information content (AvgIpc) is 2.45. The Balaban J connectivity index is 2.89. The summed E-state index contributed by atoms with van der Waals surface area (Å²) in [4.78, 5) is 30.5. The van der Waals surface area contributed by atoms with Crippen molar-refractivity contribution in [3.05, 3.63) is 32.4 Å².